The Hall–Kier alpha value is 0.160. The number of nitrogens with one attached hydrogen (secondary N) is 1. The summed E-state index contributed by atoms with van der Waals surface area (Å²) in [6, 6.07) is 0.236. The molecular weight excluding hydrogens is 212 g/mol. The molecule has 6 heteroatoms. The smallest absolute Gasteiger partial charge is 0.211 e. The number of hydrogen-bond donors (Lipinski definition) is 1. The Morgan fingerprint density at radius 2 is 2.08 bits per heavy atom. The van der Waals surface area contributed by atoms with Gasteiger partial charge in [-0.3, -0.25) is 0 Å². The van der Waals surface area contributed by atoms with Crippen LogP contribution in [0.3, 0.4) is 0 Å². The summed E-state index contributed by atoms with van der Waals surface area (Å²) < 4.78 is 24.2. The summed E-state index contributed by atoms with van der Waals surface area (Å²) in [5, 5.41) is 3.22. The van der Waals surface area contributed by atoms with Crippen LogP contribution in [-0.2, 0) is 10.0 Å². The summed E-state index contributed by atoms with van der Waals surface area (Å²) in [5.74, 6) is 0.555. The molecule has 0 aliphatic carbocycles. The highest BCUT2D eigenvalue weighted by molar-refractivity contribution is 7.88. The Balaban J connectivity index is 0.000000845. The van der Waals surface area contributed by atoms with Crippen LogP contribution in [0.4, 0.5) is 0 Å². The topological polar surface area (TPSA) is 49.4 Å². The van der Waals surface area contributed by atoms with Crippen molar-refractivity contribution in [2.75, 3.05) is 25.9 Å². The molecule has 0 radical (unpaired) electrons. The molecule has 0 bridgehead atoms. The Kier molecular flexibility index (Phi) is 3.22. The third kappa shape index (κ3) is 1.98. The zero-order valence-electron chi connectivity index (χ0n) is 7.56. The van der Waals surface area contributed by atoms with Crippen LogP contribution >= 0.6 is 12.4 Å². The van der Waals surface area contributed by atoms with Gasteiger partial charge in [-0.2, -0.15) is 4.31 Å². The summed E-state index contributed by atoms with van der Waals surface area (Å²) >= 11 is 0. The molecule has 78 valence electrons. The Labute approximate surface area is 85.1 Å². The van der Waals surface area contributed by atoms with Gasteiger partial charge < -0.3 is 5.32 Å². The number of halogens is 1. The molecule has 0 spiro atoms. The fraction of sp³-hybridized carbons (Fsp3) is 1.00. The minimum atomic E-state index is -2.96. The Morgan fingerprint density at radius 1 is 1.38 bits per heavy atom. The third-order valence-electron chi connectivity index (χ3n) is 2.82. The first kappa shape index (κ1) is 11.2. The molecule has 2 fully saturated rings. The quantitative estimate of drug-likeness (QED) is 0.666. The van der Waals surface area contributed by atoms with Gasteiger partial charge in [0.1, 0.15) is 0 Å². The number of hydrogen-bond acceptors (Lipinski definition) is 3. The standard InChI is InChI=1S/C7H14N2O2S.ClH/c1-12(10,11)9-3-2-6-4-8-5-7(6)9;/h6-8H,2-5H2,1H3;1H/t6-,7+;/m0./s1. The molecule has 4 nitrogen and oxygen atoms in total. The second kappa shape index (κ2) is 3.73. The summed E-state index contributed by atoms with van der Waals surface area (Å²) in [5.41, 5.74) is 0. The van der Waals surface area contributed by atoms with Gasteiger partial charge in [-0.1, -0.05) is 0 Å². The SMILES string of the molecule is CS(=O)(=O)N1CC[C@H]2CNC[C@H]21.Cl. The third-order valence-corrected chi connectivity index (χ3v) is 4.13. The first-order valence-corrected chi connectivity index (χ1v) is 6.11. The maximum absolute atomic E-state index is 11.3. The van der Waals surface area contributed by atoms with E-state index >= 15 is 0 Å². The van der Waals surface area contributed by atoms with E-state index in [0.29, 0.717) is 5.92 Å². The minimum absolute atomic E-state index is 0. The van der Waals surface area contributed by atoms with E-state index in [-0.39, 0.29) is 18.4 Å². The van der Waals surface area contributed by atoms with Crippen molar-refractivity contribution in [3.63, 3.8) is 0 Å². The van der Waals surface area contributed by atoms with Crippen LogP contribution in [0.15, 0.2) is 0 Å². The van der Waals surface area contributed by atoms with Crippen LogP contribution < -0.4 is 5.32 Å². The fourth-order valence-electron chi connectivity index (χ4n) is 2.22. The average molecular weight is 227 g/mol. The lowest BCUT2D eigenvalue weighted by atomic mass is 10.1. The number of sulfonamides is 1. The summed E-state index contributed by atoms with van der Waals surface area (Å²) in [6.45, 7) is 2.53. The van der Waals surface area contributed by atoms with Crippen LogP contribution in [0, 0.1) is 5.92 Å². The van der Waals surface area contributed by atoms with Crippen LogP contribution in [0.1, 0.15) is 6.42 Å². The van der Waals surface area contributed by atoms with Crippen LogP contribution in [-0.4, -0.2) is 44.7 Å². The molecule has 2 atom stereocenters. The molecule has 2 aliphatic heterocycles. The van der Waals surface area contributed by atoms with E-state index in [1.165, 1.54) is 6.26 Å². The van der Waals surface area contributed by atoms with Crippen LogP contribution in [0.5, 0.6) is 0 Å². The van der Waals surface area contributed by atoms with E-state index in [1.54, 1.807) is 4.31 Å². The van der Waals surface area contributed by atoms with E-state index in [4.69, 9.17) is 0 Å². The second-order valence-electron chi connectivity index (χ2n) is 3.65. The van der Waals surface area contributed by atoms with Crippen molar-refractivity contribution in [1.29, 1.82) is 0 Å². The highest BCUT2D eigenvalue weighted by Crippen LogP contribution is 2.28. The first-order chi connectivity index (χ1) is 5.59. The lowest BCUT2D eigenvalue weighted by Gasteiger charge is -2.19. The van der Waals surface area contributed by atoms with Crippen molar-refractivity contribution in [1.82, 2.24) is 9.62 Å². The average Bonchev–Trinajstić information content (AvgIpc) is 2.37. The predicted molar refractivity (Wildman–Crippen MR) is 53.6 cm³/mol. The van der Waals surface area contributed by atoms with Gasteiger partial charge in [0.2, 0.25) is 10.0 Å². The molecule has 2 heterocycles. The van der Waals surface area contributed by atoms with Crippen molar-refractivity contribution in [2.24, 2.45) is 5.92 Å². The number of nitrogens with zero attached hydrogens (tertiary/aromatic N) is 1. The van der Waals surface area contributed by atoms with Gasteiger partial charge >= 0.3 is 0 Å². The highest BCUT2D eigenvalue weighted by Gasteiger charge is 2.41. The van der Waals surface area contributed by atoms with E-state index in [9.17, 15) is 8.42 Å². The number of fused-ring (bicyclic) bond motifs is 1. The van der Waals surface area contributed by atoms with Crippen molar-refractivity contribution < 1.29 is 8.42 Å². The van der Waals surface area contributed by atoms with Crippen molar-refractivity contribution >= 4 is 22.4 Å². The molecule has 0 aromatic rings. The van der Waals surface area contributed by atoms with E-state index in [0.717, 1.165) is 26.1 Å². The van der Waals surface area contributed by atoms with Crippen LogP contribution in [0.2, 0.25) is 0 Å². The molecule has 0 amide bonds. The lowest BCUT2D eigenvalue weighted by molar-refractivity contribution is 0.386. The zero-order valence-corrected chi connectivity index (χ0v) is 9.20. The minimum Gasteiger partial charge on any atom is -0.315 e. The fourth-order valence-corrected chi connectivity index (χ4v) is 3.40. The van der Waals surface area contributed by atoms with Gasteiger partial charge in [0.05, 0.1) is 6.26 Å². The molecule has 0 aromatic heterocycles. The Morgan fingerprint density at radius 3 is 2.69 bits per heavy atom. The van der Waals surface area contributed by atoms with Crippen molar-refractivity contribution in [2.45, 2.75) is 12.5 Å². The normalized spacial score (nSPS) is 34.2. The Bertz CT molecular complexity index is 280. The second-order valence-corrected chi connectivity index (χ2v) is 5.58. The monoisotopic (exact) mass is 226 g/mol. The highest BCUT2D eigenvalue weighted by atomic mass is 35.5. The van der Waals surface area contributed by atoms with E-state index in [1.807, 2.05) is 0 Å². The maximum Gasteiger partial charge on any atom is 0.211 e. The van der Waals surface area contributed by atoms with Gasteiger partial charge in [0.25, 0.3) is 0 Å². The van der Waals surface area contributed by atoms with Crippen molar-refractivity contribution in [3.05, 3.63) is 0 Å². The molecule has 2 saturated heterocycles. The van der Waals surface area contributed by atoms with Gasteiger partial charge in [-0.15, -0.1) is 12.4 Å². The molecule has 1 N–H and O–H groups in total. The zero-order chi connectivity index (χ0) is 8.77. The molecular formula is C7H15ClN2O2S. The van der Waals surface area contributed by atoms with E-state index in [2.05, 4.69) is 5.32 Å². The molecule has 2 rings (SSSR count). The molecule has 0 saturated carbocycles. The first-order valence-electron chi connectivity index (χ1n) is 4.26. The largest absolute Gasteiger partial charge is 0.315 e. The lowest BCUT2D eigenvalue weighted by Crippen LogP contribution is -2.38. The van der Waals surface area contributed by atoms with Crippen LogP contribution in [0.25, 0.3) is 0 Å². The number of rotatable bonds is 1. The summed E-state index contributed by atoms with van der Waals surface area (Å²) in [4.78, 5) is 0. The molecule has 0 unspecified atom stereocenters. The van der Waals surface area contributed by atoms with Gasteiger partial charge in [-0.05, 0) is 18.9 Å². The van der Waals surface area contributed by atoms with Gasteiger partial charge in [-0.25, -0.2) is 8.42 Å². The van der Waals surface area contributed by atoms with Gasteiger partial charge in [0, 0.05) is 19.1 Å². The summed E-state index contributed by atoms with van der Waals surface area (Å²) in [7, 11) is -2.96. The maximum atomic E-state index is 11.3. The predicted octanol–water partition coefficient (Wildman–Crippen LogP) is -0.338. The van der Waals surface area contributed by atoms with E-state index < -0.39 is 10.0 Å². The molecule has 13 heavy (non-hydrogen) atoms. The van der Waals surface area contributed by atoms with Crippen molar-refractivity contribution in [3.8, 4) is 0 Å². The molecule has 2 aliphatic rings. The summed E-state index contributed by atoms with van der Waals surface area (Å²) in [6.07, 6.45) is 2.32. The molecule has 0 aromatic carbocycles. The van der Waals surface area contributed by atoms with Gasteiger partial charge in [0.15, 0.2) is 0 Å².